The van der Waals surface area contributed by atoms with Gasteiger partial charge in [0.25, 0.3) is 0 Å². The minimum absolute atomic E-state index is 0.121. The fraction of sp³-hybridized carbons (Fsp3) is 0.600. The molecular formula is C15H23ClN4O. The van der Waals surface area contributed by atoms with Crippen LogP contribution in [-0.2, 0) is 25.9 Å². The normalized spacial score (nSPS) is 13.7. The Labute approximate surface area is 130 Å². The van der Waals surface area contributed by atoms with Crippen molar-refractivity contribution < 1.29 is 5.11 Å². The first-order valence-electron chi connectivity index (χ1n) is 7.01. The zero-order valence-electron chi connectivity index (χ0n) is 13.5. The highest BCUT2D eigenvalue weighted by molar-refractivity contribution is 6.31. The molecule has 2 aromatic heterocycles. The van der Waals surface area contributed by atoms with E-state index in [4.69, 9.17) is 11.6 Å². The van der Waals surface area contributed by atoms with E-state index in [1.54, 1.807) is 9.36 Å². The van der Waals surface area contributed by atoms with Gasteiger partial charge in [0.2, 0.25) is 0 Å². The molecule has 6 heteroatoms. The predicted octanol–water partition coefficient (Wildman–Crippen LogP) is 2.69. The van der Waals surface area contributed by atoms with Crippen molar-refractivity contribution in [2.45, 2.75) is 45.6 Å². The fourth-order valence-electron chi connectivity index (χ4n) is 2.53. The van der Waals surface area contributed by atoms with Gasteiger partial charge in [0.05, 0.1) is 28.2 Å². The molecule has 0 aliphatic carbocycles. The molecule has 0 radical (unpaired) electrons. The lowest BCUT2D eigenvalue weighted by molar-refractivity contribution is 0.173. The summed E-state index contributed by atoms with van der Waals surface area (Å²) in [5.74, 6) is 0. The molecule has 1 unspecified atom stereocenters. The number of hydrogen-bond acceptors (Lipinski definition) is 3. The number of aryl methyl sites for hydroxylation is 3. The van der Waals surface area contributed by atoms with Gasteiger partial charge in [-0.1, -0.05) is 32.4 Å². The highest BCUT2D eigenvalue weighted by Gasteiger charge is 2.27. The minimum Gasteiger partial charge on any atom is -0.388 e. The Balaban J connectivity index is 2.35. The molecule has 0 aliphatic heterocycles. The van der Waals surface area contributed by atoms with Crippen molar-refractivity contribution in [2.24, 2.45) is 14.1 Å². The first-order valence-corrected chi connectivity index (χ1v) is 7.39. The summed E-state index contributed by atoms with van der Waals surface area (Å²) in [6.07, 6.45) is 1.65. The molecule has 2 rings (SSSR count). The number of aliphatic hydroxyl groups excluding tert-OH is 1. The molecule has 2 aromatic rings. The summed E-state index contributed by atoms with van der Waals surface area (Å²) >= 11 is 6.27. The molecule has 1 atom stereocenters. The Morgan fingerprint density at radius 2 is 1.90 bits per heavy atom. The summed E-state index contributed by atoms with van der Waals surface area (Å²) in [4.78, 5) is 0. The van der Waals surface area contributed by atoms with Gasteiger partial charge < -0.3 is 5.11 Å². The predicted molar refractivity (Wildman–Crippen MR) is 83.5 cm³/mol. The largest absolute Gasteiger partial charge is 0.388 e. The number of nitrogens with zero attached hydrogens (tertiary/aromatic N) is 4. The molecule has 0 spiro atoms. The second-order valence-electron chi connectivity index (χ2n) is 6.55. The van der Waals surface area contributed by atoms with Crippen LogP contribution in [0.1, 0.15) is 49.5 Å². The second-order valence-corrected chi connectivity index (χ2v) is 6.92. The van der Waals surface area contributed by atoms with Crippen LogP contribution in [0.25, 0.3) is 0 Å². The summed E-state index contributed by atoms with van der Waals surface area (Å²) in [7, 11) is 3.71. The van der Waals surface area contributed by atoms with Crippen molar-refractivity contribution in [3.63, 3.8) is 0 Å². The van der Waals surface area contributed by atoms with Gasteiger partial charge >= 0.3 is 0 Å². The van der Waals surface area contributed by atoms with Crippen molar-refractivity contribution in [3.8, 4) is 0 Å². The van der Waals surface area contributed by atoms with Gasteiger partial charge in [-0.25, -0.2) is 0 Å². The quantitative estimate of drug-likeness (QED) is 0.948. The summed E-state index contributed by atoms with van der Waals surface area (Å²) in [6, 6.07) is 0. The molecule has 0 bridgehead atoms. The molecule has 0 amide bonds. The van der Waals surface area contributed by atoms with Gasteiger partial charge in [-0.15, -0.1) is 0 Å². The molecule has 0 fully saturated rings. The summed E-state index contributed by atoms with van der Waals surface area (Å²) in [6.45, 7) is 8.13. The zero-order valence-corrected chi connectivity index (χ0v) is 14.2. The van der Waals surface area contributed by atoms with E-state index in [-0.39, 0.29) is 5.41 Å². The van der Waals surface area contributed by atoms with E-state index in [1.165, 1.54) is 0 Å². The molecule has 116 valence electrons. The van der Waals surface area contributed by atoms with Gasteiger partial charge in [0.15, 0.2) is 0 Å². The molecule has 1 N–H and O–H groups in total. The van der Waals surface area contributed by atoms with E-state index < -0.39 is 6.10 Å². The average Bonchev–Trinajstić information content (AvgIpc) is 2.85. The maximum absolute atomic E-state index is 10.6. The Hall–Kier alpha value is -1.33. The van der Waals surface area contributed by atoms with Crippen LogP contribution < -0.4 is 0 Å². The summed E-state index contributed by atoms with van der Waals surface area (Å²) in [5.41, 5.74) is 3.26. The molecular weight excluding hydrogens is 288 g/mol. The molecule has 0 aliphatic rings. The number of aliphatic hydroxyl groups is 1. The molecule has 2 heterocycles. The second kappa shape index (κ2) is 5.46. The molecule has 0 saturated carbocycles. The lowest BCUT2D eigenvalue weighted by atomic mass is 9.87. The number of halogens is 1. The van der Waals surface area contributed by atoms with Gasteiger partial charge in [0.1, 0.15) is 0 Å². The Bertz CT molecular complexity index is 651. The molecule has 21 heavy (non-hydrogen) atoms. The van der Waals surface area contributed by atoms with Crippen molar-refractivity contribution in [1.82, 2.24) is 19.6 Å². The van der Waals surface area contributed by atoms with Crippen molar-refractivity contribution in [3.05, 3.63) is 33.9 Å². The molecule has 0 aromatic carbocycles. The summed E-state index contributed by atoms with van der Waals surface area (Å²) < 4.78 is 3.48. The van der Waals surface area contributed by atoms with Crippen molar-refractivity contribution in [1.29, 1.82) is 0 Å². The van der Waals surface area contributed by atoms with E-state index in [2.05, 4.69) is 31.0 Å². The van der Waals surface area contributed by atoms with Gasteiger partial charge in [-0.3, -0.25) is 9.36 Å². The third kappa shape index (κ3) is 3.14. The van der Waals surface area contributed by atoms with Gasteiger partial charge in [-0.2, -0.15) is 10.2 Å². The Morgan fingerprint density at radius 3 is 2.38 bits per heavy atom. The van der Waals surface area contributed by atoms with E-state index in [0.717, 1.165) is 22.6 Å². The summed E-state index contributed by atoms with van der Waals surface area (Å²) in [5, 5.41) is 20.0. The van der Waals surface area contributed by atoms with Crippen LogP contribution >= 0.6 is 11.6 Å². The number of rotatable bonds is 3. The van der Waals surface area contributed by atoms with Crippen LogP contribution in [0.3, 0.4) is 0 Å². The van der Waals surface area contributed by atoms with Gasteiger partial charge in [-0.05, 0) is 6.92 Å². The molecule has 5 nitrogen and oxygen atoms in total. The smallest absolute Gasteiger partial charge is 0.0879 e. The third-order valence-electron chi connectivity index (χ3n) is 3.57. The SMILES string of the molecule is Cc1nn(C)c(CC(O)c2cn(C)nc2C(C)(C)C)c1Cl. The first kappa shape index (κ1) is 16.0. The third-order valence-corrected chi connectivity index (χ3v) is 4.07. The monoisotopic (exact) mass is 310 g/mol. The topological polar surface area (TPSA) is 55.9 Å². The van der Waals surface area contributed by atoms with Crippen LogP contribution in [-0.4, -0.2) is 24.7 Å². The molecule has 0 saturated heterocycles. The highest BCUT2D eigenvalue weighted by atomic mass is 35.5. The van der Waals surface area contributed by atoms with E-state index in [1.807, 2.05) is 27.2 Å². The Kier molecular flexibility index (Phi) is 4.17. The van der Waals surface area contributed by atoms with Crippen molar-refractivity contribution in [2.75, 3.05) is 0 Å². The first-order chi connectivity index (χ1) is 9.61. The number of hydrogen-bond donors (Lipinski definition) is 1. The number of aromatic nitrogens is 4. The van der Waals surface area contributed by atoms with Crippen LogP contribution in [0.15, 0.2) is 6.20 Å². The maximum atomic E-state index is 10.6. The Morgan fingerprint density at radius 1 is 1.29 bits per heavy atom. The van der Waals surface area contributed by atoms with E-state index in [0.29, 0.717) is 11.4 Å². The van der Waals surface area contributed by atoms with Gasteiger partial charge in [0, 0.05) is 37.7 Å². The highest BCUT2D eigenvalue weighted by Crippen LogP contribution is 2.31. The standard InChI is InChI=1S/C15H23ClN4O/c1-9-13(16)11(20(6)17-9)7-12(21)10-8-19(5)18-14(10)15(2,3)4/h8,12,21H,7H2,1-6H3. The van der Waals surface area contributed by atoms with Crippen LogP contribution in [0, 0.1) is 6.92 Å². The average molecular weight is 311 g/mol. The lowest BCUT2D eigenvalue weighted by Crippen LogP contribution is -2.17. The minimum atomic E-state index is -0.653. The van der Waals surface area contributed by atoms with E-state index in [9.17, 15) is 5.11 Å². The lowest BCUT2D eigenvalue weighted by Gasteiger charge is -2.20. The maximum Gasteiger partial charge on any atom is 0.0879 e. The van der Waals surface area contributed by atoms with Crippen LogP contribution in [0.4, 0.5) is 0 Å². The van der Waals surface area contributed by atoms with E-state index >= 15 is 0 Å². The van der Waals surface area contributed by atoms with Crippen LogP contribution in [0.2, 0.25) is 5.02 Å². The van der Waals surface area contributed by atoms with Crippen LogP contribution in [0.5, 0.6) is 0 Å². The zero-order chi connectivity index (χ0) is 15.9. The fourth-order valence-corrected chi connectivity index (χ4v) is 2.77. The van der Waals surface area contributed by atoms with Crippen molar-refractivity contribution >= 4 is 11.6 Å².